The molecule has 0 atom stereocenters. The molecule has 0 bridgehead atoms. The van der Waals surface area contributed by atoms with Crippen LogP contribution in [0, 0.1) is 0 Å². The lowest BCUT2D eigenvalue weighted by Gasteiger charge is -2.09. The van der Waals surface area contributed by atoms with Crippen LogP contribution in [-0.4, -0.2) is 50.1 Å². The number of aromatic nitrogens is 2. The molecule has 8 nitrogen and oxygen atoms in total. The average molecular weight is 520 g/mol. The maximum absolute atomic E-state index is 12.6. The van der Waals surface area contributed by atoms with Crippen molar-refractivity contribution < 1.29 is 23.7 Å². The highest BCUT2D eigenvalue weighted by Gasteiger charge is 2.16. The summed E-state index contributed by atoms with van der Waals surface area (Å²) in [5.41, 5.74) is 4.27. The summed E-state index contributed by atoms with van der Waals surface area (Å²) >= 11 is 1.49. The van der Waals surface area contributed by atoms with Crippen LogP contribution in [0.2, 0.25) is 0 Å². The highest BCUT2D eigenvalue weighted by atomic mass is 32.2. The zero-order valence-corrected chi connectivity index (χ0v) is 22.0. The van der Waals surface area contributed by atoms with Gasteiger partial charge in [-0.2, -0.15) is 0 Å². The van der Waals surface area contributed by atoms with Gasteiger partial charge in [-0.3, -0.25) is 4.79 Å². The maximum atomic E-state index is 12.6. The Morgan fingerprint density at radius 1 is 0.784 bits per heavy atom. The largest absolute Gasteiger partial charge is 0.497 e. The van der Waals surface area contributed by atoms with Crippen LogP contribution in [0.3, 0.4) is 0 Å². The summed E-state index contributed by atoms with van der Waals surface area (Å²) in [6, 6.07) is 20.8. The van der Waals surface area contributed by atoms with Crippen LogP contribution in [-0.2, 0) is 4.79 Å². The summed E-state index contributed by atoms with van der Waals surface area (Å²) in [6.07, 6.45) is 0.306. The molecule has 0 unspecified atom stereocenters. The van der Waals surface area contributed by atoms with Crippen molar-refractivity contribution in [2.24, 2.45) is 0 Å². The predicted octanol–water partition coefficient (Wildman–Crippen LogP) is 5.90. The van der Waals surface area contributed by atoms with Gasteiger partial charge in [-0.05, 0) is 48.5 Å². The number of nitrogens with zero attached hydrogens (tertiary/aromatic N) is 1. The van der Waals surface area contributed by atoms with Crippen molar-refractivity contribution in [1.29, 1.82) is 0 Å². The van der Waals surface area contributed by atoms with E-state index in [1.807, 2.05) is 48.5 Å². The summed E-state index contributed by atoms with van der Waals surface area (Å²) in [4.78, 5) is 20.9. The SMILES string of the molecule is COc1ccc(-c2nc(SCCC(=O)Nc3cc(OC)cc(OC)c3)[nH]c2-c2ccc(OC)cc2)cc1. The first kappa shape index (κ1) is 26.0. The predicted molar refractivity (Wildman–Crippen MR) is 146 cm³/mol. The minimum atomic E-state index is -0.111. The number of carbonyl (C=O) groups is 1. The van der Waals surface area contributed by atoms with Crippen LogP contribution in [0.15, 0.2) is 71.9 Å². The molecule has 0 saturated carbocycles. The van der Waals surface area contributed by atoms with Gasteiger partial charge < -0.3 is 29.2 Å². The van der Waals surface area contributed by atoms with E-state index in [1.54, 1.807) is 46.6 Å². The first-order chi connectivity index (χ1) is 18.0. The van der Waals surface area contributed by atoms with Crippen molar-refractivity contribution in [2.45, 2.75) is 11.6 Å². The molecule has 37 heavy (non-hydrogen) atoms. The van der Waals surface area contributed by atoms with Crippen molar-refractivity contribution in [1.82, 2.24) is 9.97 Å². The molecule has 1 amide bonds. The van der Waals surface area contributed by atoms with Gasteiger partial charge in [0.25, 0.3) is 0 Å². The first-order valence-electron chi connectivity index (χ1n) is 11.6. The minimum absolute atomic E-state index is 0.111. The number of carbonyl (C=O) groups excluding carboxylic acids is 1. The lowest BCUT2D eigenvalue weighted by molar-refractivity contribution is -0.115. The Labute approximate surface area is 220 Å². The number of aromatic amines is 1. The number of H-pyrrole nitrogens is 1. The summed E-state index contributed by atoms with van der Waals surface area (Å²) < 4.78 is 21.1. The molecule has 1 aromatic heterocycles. The summed E-state index contributed by atoms with van der Waals surface area (Å²) in [5, 5.41) is 3.63. The second-order valence-corrected chi connectivity index (χ2v) is 9.05. The maximum Gasteiger partial charge on any atom is 0.225 e. The second kappa shape index (κ2) is 12.2. The monoisotopic (exact) mass is 519 g/mol. The highest BCUT2D eigenvalue weighted by Crippen LogP contribution is 2.34. The lowest BCUT2D eigenvalue weighted by atomic mass is 10.0. The van der Waals surface area contributed by atoms with Crippen LogP contribution in [0.25, 0.3) is 22.5 Å². The van der Waals surface area contributed by atoms with Crippen LogP contribution in [0.4, 0.5) is 5.69 Å². The zero-order chi connectivity index (χ0) is 26.2. The molecule has 0 aliphatic rings. The molecular weight excluding hydrogens is 490 g/mol. The van der Waals surface area contributed by atoms with Crippen LogP contribution >= 0.6 is 11.8 Å². The fourth-order valence-electron chi connectivity index (χ4n) is 3.69. The van der Waals surface area contributed by atoms with Gasteiger partial charge in [-0.15, -0.1) is 0 Å². The Bertz CT molecular complexity index is 1250. The van der Waals surface area contributed by atoms with Gasteiger partial charge in [0.05, 0.1) is 39.8 Å². The van der Waals surface area contributed by atoms with E-state index in [9.17, 15) is 4.79 Å². The standard InChI is InChI=1S/C28H29N3O5S/c1-33-21-9-5-18(6-10-21)26-27(19-7-11-22(34-2)12-8-19)31-28(30-26)37-14-13-25(32)29-20-15-23(35-3)17-24(16-20)36-4/h5-12,15-17H,13-14H2,1-4H3,(H,29,32)(H,30,31). The normalized spacial score (nSPS) is 10.6. The smallest absolute Gasteiger partial charge is 0.225 e. The summed E-state index contributed by atoms with van der Waals surface area (Å²) in [7, 11) is 6.42. The van der Waals surface area contributed by atoms with Crippen molar-refractivity contribution in [3.8, 4) is 45.5 Å². The molecule has 4 aromatic rings. The van der Waals surface area contributed by atoms with Gasteiger partial charge in [-0.1, -0.05) is 11.8 Å². The first-order valence-corrected chi connectivity index (χ1v) is 12.6. The number of rotatable bonds is 11. The van der Waals surface area contributed by atoms with Crippen LogP contribution in [0.1, 0.15) is 6.42 Å². The van der Waals surface area contributed by atoms with Crippen molar-refractivity contribution in [2.75, 3.05) is 39.5 Å². The fourth-order valence-corrected chi connectivity index (χ4v) is 4.50. The fraction of sp³-hybridized carbons (Fsp3) is 0.214. The molecule has 9 heteroatoms. The van der Waals surface area contributed by atoms with Gasteiger partial charge in [0.2, 0.25) is 5.91 Å². The van der Waals surface area contributed by atoms with Gasteiger partial charge in [0.15, 0.2) is 5.16 Å². The highest BCUT2D eigenvalue weighted by molar-refractivity contribution is 7.99. The van der Waals surface area contributed by atoms with Gasteiger partial charge in [-0.25, -0.2) is 4.98 Å². The van der Waals surface area contributed by atoms with E-state index in [1.165, 1.54) is 11.8 Å². The molecule has 0 fully saturated rings. The molecule has 0 saturated heterocycles. The molecule has 0 radical (unpaired) electrons. The number of hydrogen-bond donors (Lipinski definition) is 2. The molecular formula is C28H29N3O5S. The Morgan fingerprint density at radius 2 is 1.32 bits per heavy atom. The number of benzene rings is 3. The summed E-state index contributed by atoms with van der Waals surface area (Å²) in [6.45, 7) is 0. The number of hydrogen-bond acceptors (Lipinski definition) is 7. The number of imidazole rings is 1. The number of ether oxygens (including phenoxy) is 4. The van der Waals surface area contributed by atoms with E-state index in [-0.39, 0.29) is 5.91 Å². The number of anilines is 1. The minimum Gasteiger partial charge on any atom is -0.497 e. The zero-order valence-electron chi connectivity index (χ0n) is 21.2. The second-order valence-electron chi connectivity index (χ2n) is 7.97. The molecule has 3 aromatic carbocycles. The van der Waals surface area contributed by atoms with E-state index in [0.717, 1.165) is 39.2 Å². The number of methoxy groups -OCH3 is 4. The number of thioether (sulfide) groups is 1. The van der Waals surface area contributed by atoms with Crippen LogP contribution < -0.4 is 24.3 Å². The molecule has 0 spiro atoms. The van der Waals surface area contributed by atoms with Gasteiger partial charge in [0, 0.05) is 47.2 Å². The van der Waals surface area contributed by atoms with Crippen molar-refractivity contribution in [3.63, 3.8) is 0 Å². The topological polar surface area (TPSA) is 94.7 Å². The van der Waals surface area contributed by atoms with E-state index in [2.05, 4.69) is 10.3 Å². The average Bonchev–Trinajstić information content (AvgIpc) is 3.36. The lowest BCUT2D eigenvalue weighted by Crippen LogP contribution is -2.12. The Morgan fingerprint density at radius 3 is 1.86 bits per heavy atom. The van der Waals surface area contributed by atoms with Crippen LogP contribution in [0.5, 0.6) is 23.0 Å². The van der Waals surface area contributed by atoms with E-state index in [4.69, 9.17) is 23.9 Å². The Kier molecular flexibility index (Phi) is 8.58. The Hall–Kier alpha value is -4.11. The van der Waals surface area contributed by atoms with Crippen molar-refractivity contribution >= 4 is 23.4 Å². The number of amides is 1. The molecule has 1 heterocycles. The van der Waals surface area contributed by atoms with Gasteiger partial charge in [0.1, 0.15) is 23.0 Å². The molecule has 2 N–H and O–H groups in total. The third-order valence-electron chi connectivity index (χ3n) is 5.63. The molecule has 192 valence electrons. The Balaban J connectivity index is 1.48. The third-order valence-corrected chi connectivity index (χ3v) is 6.50. The quantitative estimate of drug-likeness (QED) is 0.238. The summed E-state index contributed by atoms with van der Waals surface area (Å²) in [5.74, 6) is 3.21. The van der Waals surface area contributed by atoms with E-state index >= 15 is 0 Å². The third kappa shape index (κ3) is 6.56. The molecule has 0 aliphatic carbocycles. The number of nitrogens with one attached hydrogen (secondary N) is 2. The molecule has 0 aliphatic heterocycles. The van der Waals surface area contributed by atoms with Crippen molar-refractivity contribution in [3.05, 3.63) is 66.7 Å². The van der Waals surface area contributed by atoms with Gasteiger partial charge >= 0.3 is 0 Å². The van der Waals surface area contributed by atoms with E-state index in [0.29, 0.717) is 29.4 Å². The van der Waals surface area contributed by atoms with E-state index < -0.39 is 0 Å². The molecule has 4 rings (SSSR count).